The maximum absolute atomic E-state index is 13.9. The summed E-state index contributed by atoms with van der Waals surface area (Å²) in [7, 11) is 2.31. The van der Waals surface area contributed by atoms with Crippen LogP contribution in [0.15, 0.2) is 131 Å². The Balaban J connectivity index is 0.000000170. The van der Waals surface area contributed by atoms with Gasteiger partial charge in [0, 0.05) is 54.2 Å². The number of carbonyl (C=O) groups is 4. The van der Waals surface area contributed by atoms with Crippen LogP contribution in [-0.2, 0) is 28.4 Å². The number of carbonyl (C=O) groups excluding carboxylic acids is 4. The third kappa shape index (κ3) is 7.32. The molecular weight excluding hydrogens is 873 g/mol. The van der Waals surface area contributed by atoms with E-state index in [1.165, 1.54) is 0 Å². The molecule has 2 aliphatic carbocycles. The van der Waals surface area contributed by atoms with Crippen molar-refractivity contribution in [1.82, 2.24) is 0 Å². The van der Waals surface area contributed by atoms with E-state index < -0.39 is 45.9 Å². The molecule has 0 atom stereocenters. The molecule has 2 heterocycles. The van der Waals surface area contributed by atoms with Crippen LogP contribution in [0.25, 0.3) is 44.6 Å². The molecule has 340 valence electrons. The minimum Gasteiger partial charge on any atom is -0.506 e. The lowest BCUT2D eigenvalue weighted by Crippen LogP contribution is -2.45. The van der Waals surface area contributed by atoms with Crippen LogP contribution < -0.4 is 31.7 Å². The summed E-state index contributed by atoms with van der Waals surface area (Å²) in [4.78, 5) is 79.8. The van der Waals surface area contributed by atoms with E-state index in [1.54, 1.807) is 121 Å². The van der Waals surface area contributed by atoms with Crippen molar-refractivity contribution in [1.29, 1.82) is 0 Å². The molecule has 0 spiro atoms. The van der Waals surface area contributed by atoms with Crippen molar-refractivity contribution in [3.05, 3.63) is 196 Å². The summed E-state index contributed by atoms with van der Waals surface area (Å²) >= 11 is 0. The van der Waals surface area contributed by atoms with E-state index in [4.69, 9.17) is 28.4 Å². The second kappa shape index (κ2) is 16.6. The quantitative estimate of drug-likeness (QED) is 0.200. The zero-order valence-electron chi connectivity index (χ0n) is 37.3. The fourth-order valence-corrected chi connectivity index (χ4v) is 8.68. The normalized spacial score (nSPS) is 17.1. The smallest absolute Gasteiger partial charge is 0.506 e. The monoisotopic (exact) mass is 912 g/mol. The van der Waals surface area contributed by atoms with E-state index >= 15 is 0 Å². The number of rotatable bonds is 2. The predicted molar refractivity (Wildman–Crippen MR) is 249 cm³/mol. The molecule has 0 unspecified atom stereocenters. The van der Waals surface area contributed by atoms with Crippen LogP contribution in [0.5, 0.6) is 11.5 Å². The van der Waals surface area contributed by atoms with E-state index in [0.717, 1.165) is 14.2 Å². The van der Waals surface area contributed by atoms with E-state index in [-0.39, 0.29) is 99.2 Å². The Morgan fingerprint density at radius 3 is 1.12 bits per heavy atom. The number of ketones is 2. The number of benzene rings is 4. The van der Waals surface area contributed by atoms with Crippen LogP contribution in [0.2, 0.25) is 0 Å². The average Bonchev–Trinajstić information content (AvgIpc) is 3.84. The van der Waals surface area contributed by atoms with Gasteiger partial charge in [-0.15, -0.1) is 0 Å². The van der Waals surface area contributed by atoms with Crippen molar-refractivity contribution in [2.75, 3.05) is 14.2 Å². The lowest BCUT2D eigenvalue weighted by atomic mass is 9.89. The van der Waals surface area contributed by atoms with Crippen LogP contribution in [0.1, 0.15) is 70.7 Å². The molecule has 2 aliphatic heterocycles. The third-order valence-corrected chi connectivity index (χ3v) is 11.7. The molecule has 6 aromatic carbocycles. The molecule has 6 aromatic rings. The Bertz CT molecular complexity index is 3500. The largest absolute Gasteiger partial charge is 0.513 e. The first-order valence-electron chi connectivity index (χ1n) is 21.2. The Labute approximate surface area is 385 Å². The Morgan fingerprint density at radius 1 is 0.471 bits per heavy atom. The van der Waals surface area contributed by atoms with Gasteiger partial charge in [-0.3, -0.25) is 19.2 Å². The molecule has 10 rings (SSSR count). The Hall–Kier alpha value is -8.78. The lowest BCUT2D eigenvalue weighted by Gasteiger charge is -2.19. The Morgan fingerprint density at radius 2 is 0.794 bits per heavy atom. The first-order valence-corrected chi connectivity index (χ1v) is 21.2. The molecular formula is C54H40O14. The van der Waals surface area contributed by atoms with Crippen molar-refractivity contribution in [3.8, 4) is 11.5 Å². The van der Waals surface area contributed by atoms with Gasteiger partial charge in [-0.2, -0.15) is 0 Å². The lowest BCUT2D eigenvalue weighted by molar-refractivity contribution is 0.101. The number of aromatic hydroxyl groups is 2. The maximum Gasteiger partial charge on any atom is 0.513 e. The van der Waals surface area contributed by atoms with Gasteiger partial charge >= 0.3 is 12.3 Å². The molecule has 0 saturated heterocycles. The van der Waals surface area contributed by atoms with Crippen LogP contribution in [-0.4, -0.2) is 59.5 Å². The predicted octanol–water partition coefficient (Wildman–Crippen LogP) is 5.73. The third-order valence-electron chi connectivity index (χ3n) is 11.7. The number of hydrogen-bond donors (Lipinski definition) is 2. The minimum atomic E-state index is -1.03. The second-order valence-corrected chi connectivity index (χ2v) is 17.0. The van der Waals surface area contributed by atoms with Crippen LogP contribution in [0.4, 0.5) is 9.59 Å². The zero-order chi connectivity index (χ0) is 48.4. The number of ether oxygens (including phenoxy) is 6. The molecule has 0 saturated carbocycles. The fraction of sp³-hybridized carbons (Fsp3) is 0.148. The highest BCUT2D eigenvalue weighted by Crippen LogP contribution is 2.34. The van der Waals surface area contributed by atoms with Gasteiger partial charge in [-0.05, 0) is 52.0 Å². The molecule has 0 radical (unpaired) electrons. The summed E-state index contributed by atoms with van der Waals surface area (Å²) in [6.07, 6.45) is 4.78. The highest BCUT2D eigenvalue weighted by atomic mass is 16.7. The van der Waals surface area contributed by atoms with Crippen molar-refractivity contribution in [2.45, 2.75) is 38.9 Å². The second-order valence-electron chi connectivity index (χ2n) is 17.0. The van der Waals surface area contributed by atoms with Gasteiger partial charge in [0.25, 0.3) is 0 Å². The average molecular weight is 913 g/mol. The molecule has 68 heavy (non-hydrogen) atoms. The first kappa shape index (κ1) is 44.4. The summed E-state index contributed by atoms with van der Waals surface area (Å²) in [6, 6.07) is 25.9. The molecule has 0 aromatic heterocycles. The summed E-state index contributed by atoms with van der Waals surface area (Å²) in [5.41, 5.74) is -1.67. The molecule has 4 aliphatic rings. The van der Waals surface area contributed by atoms with Gasteiger partial charge in [-0.1, -0.05) is 97.1 Å². The minimum absolute atomic E-state index is 0.00933. The van der Waals surface area contributed by atoms with Crippen molar-refractivity contribution >= 4 is 68.5 Å². The highest BCUT2D eigenvalue weighted by Gasteiger charge is 2.35. The Kier molecular flexibility index (Phi) is 10.8. The van der Waals surface area contributed by atoms with Gasteiger partial charge in [-0.25, -0.2) is 9.59 Å². The fourth-order valence-electron chi connectivity index (χ4n) is 8.68. The van der Waals surface area contributed by atoms with Crippen LogP contribution in [0.3, 0.4) is 0 Å². The van der Waals surface area contributed by atoms with E-state index in [2.05, 4.69) is 0 Å². The van der Waals surface area contributed by atoms with Gasteiger partial charge in [0.15, 0.2) is 33.9 Å². The highest BCUT2D eigenvalue weighted by molar-refractivity contribution is 6.18. The van der Waals surface area contributed by atoms with Crippen molar-refractivity contribution in [3.63, 3.8) is 0 Å². The number of fused-ring (bicyclic) bond motifs is 6. The van der Waals surface area contributed by atoms with E-state index in [9.17, 15) is 39.0 Å². The summed E-state index contributed by atoms with van der Waals surface area (Å²) in [5, 5.41) is 23.4. The first-order chi connectivity index (χ1) is 32.5. The van der Waals surface area contributed by atoms with Gasteiger partial charge in [0.05, 0.1) is 35.8 Å². The summed E-state index contributed by atoms with van der Waals surface area (Å²) in [5.74, 6) is -1.55. The number of methoxy groups -OCH3 is 2. The van der Waals surface area contributed by atoms with Crippen LogP contribution >= 0.6 is 0 Å². The molecule has 2 N–H and O–H groups in total. The number of hydrogen-bond acceptors (Lipinski definition) is 14. The SMILES string of the molecule is COC(=O)OC1=c2c(c(O)c3ccccc3c(=O)/c2=C2\C=CC(C)(C)O2)C(=O)c2ccccc21.COC(=O)OC1=c2c(c(O)c3ccccc3c(=O)/c2=C2\C=CC(C)(C)O2)C(=O)c2ccccc21. The van der Waals surface area contributed by atoms with Crippen molar-refractivity contribution < 1.29 is 57.8 Å². The van der Waals surface area contributed by atoms with Crippen LogP contribution in [0, 0.1) is 0 Å². The molecule has 14 nitrogen and oxygen atoms in total. The molecule has 14 heteroatoms. The van der Waals surface area contributed by atoms with Gasteiger partial charge < -0.3 is 38.6 Å². The van der Waals surface area contributed by atoms with Gasteiger partial charge in [0.2, 0.25) is 0 Å². The van der Waals surface area contributed by atoms with E-state index in [1.807, 2.05) is 27.7 Å². The summed E-state index contributed by atoms with van der Waals surface area (Å²) in [6.45, 7) is 7.29. The van der Waals surface area contributed by atoms with Gasteiger partial charge in [0.1, 0.15) is 34.2 Å². The van der Waals surface area contributed by atoms with Crippen molar-refractivity contribution in [2.24, 2.45) is 0 Å². The standard InChI is InChI=1S/2C27H20O7/c2*1-27(2)13-12-18(34-27)19-20-21(23(29)15-9-5-4-8-14(15)22(19)28)24(30)16-10-6-7-11-17(16)25(20)33-26(31)32-3/h2*4-13,29H,1-3H3/b2*19-18+. The van der Waals surface area contributed by atoms with E-state index in [0.29, 0.717) is 11.1 Å². The molecule has 0 amide bonds. The topological polar surface area (TPSA) is 198 Å². The molecule has 0 fully saturated rings. The maximum atomic E-state index is 13.9. The zero-order valence-corrected chi connectivity index (χ0v) is 37.3. The molecule has 0 bridgehead atoms. The summed E-state index contributed by atoms with van der Waals surface area (Å²) < 4.78 is 32.6.